The Morgan fingerprint density at radius 1 is 0.571 bits per heavy atom. The van der Waals surface area contributed by atoms with Gasteiger partial charge < -0.3 is 10.1 Å². The van der Waals surface area contributed by atoms with Crippen molar-refractivity contribution in [3.05, 3.63) is 274 Å². The molecule has 0 radical (unpaired) electrons. The highest BCUT2D eigenvalue weighted by atomic mass is 16.5. The van der Waals surface area contributed by atoms with Crippen molar-refractivity contribution >= 4 is 11.7 Å². The molecule has 7 aromatic rings. The third-order valence-corrected chi connectivity index (χ3v) is 14.4. The van der Waals surface area contributed by atoms with Crippen molar-refractivity contribution in [1.82, 2.24) is 5.32 Å². The first-order valence-electron chi connectivity index (χ1n) is 22.2. The minimum absolute atomic E-state index is 0.174. The van der Waals surface area contributed by atoms with Gasteiger partial charge in [0.2, 0.25) is 0 Å². The van der Waals surface area contributed by atoms with Gasteiger partial charge in [-0.15, -0.1) is 0 Å². The van der Waals surface area contributed by atoms with Gasteiger partial charge in [0, 0.05) is 34.1 Å². The molecule has 13 rings (SSSR count). The van der Waals surface area contributed by atoms with E-state index in [0.29, 0.717) is 5.84 Å². The molecule has 4 heteroatoms. The Morgan fingerprint density at radius 3 is 2.16 bits per heavy atom. The number of para-hydroxylation sites is 1. The van der Waals surface area contributed by atoms with Crippen molar-refractivity contribution < 1.29 is 4.74 Å². The first kappa shape index (κ1) is 36.1. The number of hydrogen-bond donors (Lipinski definition) is 1. The summed E-state index contributed by atoms with van der Waals surface area (Å²) in [6.07, 6.45) is 18.0. The maximum Gasteiger partial charge on any atom is 0.159 e. The van der Waals surface area contributed by atoms with E-state index in [1.807, 2.05) is 6.07 Å². The number of rotatable bonds is 5. The minimum atomic E-state index is -0.480. The third kappa shape index (κ3) is 5.15. The second-order valence-electron chi connectivity index (χ2n) is 17.5. The van der Waals surface area contributed by atoms with Crippen molar-refractivity contribution in [1.29, 1.82) is 0 Å². The molecule has 2 heterocycles. The number of aliphatic imine (C=N–C) groups is 2. The molecule has 6 aliphatic rings. The van der Waals surface area contributed by atoms with E-state index in [4.69, 9.17) is 14.7 Å². The van der Waals surface area contributed by atoms with Crippen LogP contribution in [0.25, 0.3) is 11.1 Å². The Labute approximate surface area is 368 Å². The average molecular weight is 810 g/mol. The van der Waals surface area contributed by atoms with Gasteiger partial charge in [0.15, 0.2) is 5.84 Å². The normalized spacial score (nSPS) is 24.1. The van der Waals surface area contributed by atoms with Crippen LogP contribution < -0.4 is 10.1 Å². The van der Waals surface area contributed by atoms with Crippen LogP contribution in [0.15, 0.2) is 228 Å². The van der Waals surface area contributed by atoms with Crippen LogP contribution in [-0.4, -0.2) is 11.7 Å². The number of hydrogen-bond acceptors (Lipinski definition) is 4. The fourth-order valence-electron chi connectivity index (χ4n) is 11.8. The topological polar surface area (TPSA) is 46.0 Å². The SMILES string of the molecule is C1=CC2c3ccccc3C3(c4ccccc4Oc4ccc(C5N=C(c6ccccc6)N=C(c6ccc7c(c6)C(C6=CCCC=C6)(c6ccccc6)c6ccccc6-7)N5)cc43)C2C=C1. The first-order chi connectivity index (χ1) is 31.2. The molecule has 5 unspecified atom stereocenters. The number of nitrogens with zero attached hydrogens (tertiary/aromatic N) is 2. The van der Waals surface area contributed by atoms with E-state index in [1.54, 1.807) is 0 Å². The summed E-state index contributed by atoms with van der Waals surface area (Å²) in [5.41, 5.74) is 14.9. The number of allylic oxidation sites excluding steroid dienone is 8. The maximum atomic E-state index is 6.83. The first-order valence-corrected chi connectivity index (χ1v) is 22.2. The van der Waals surface area contributed by atoms with Crippen LogP contribution in [0.4, 0.5) is 0 Å². The fraction of sp³-hybridized carbons (Fsp3) is 0.119. The molecule has 2 aliphatic heterocycles. The van der Waals surface area contributed by atoms with E-state index in [2.05, 4.69) is 212 Å². The number of ether oxygens (including phenoxy) is 1. The van der Waals surface area contributed by atoms with Crippen LogP contribution in [0.3, 0.4) is 0 Å². The zero-order valence-corrected chi connectivity index (χ0v) is 34.7. The summed E-state index contributed by atoms with van der Waals surface area (Å²) in [6, 6.07) is 61.7. The number of nitrogens with one attached hydrogen (secondary N) is 1. The smallest absolute Gasteiger partial charge is 0.159 e. The molecule has 0 saturated carbocycles. The van der Waals surface area contributed by atoms with Gasteiger partial charge in [-0.3, -0.25) is 0 Å². The molecule has 0 fully saturated rings. The molecule has 0 aromatic heterocycles. The lowest BCUT2D eigenvalue weighted by Crippen LogP contribution is -2.38. The van der Waals surface area contributed by atoms with E-state index < -0.39 is 17.0 Å². The van der Waals surface area contributed by atoms with Crippen LogP contribution in [-0.2, 0) is 10.8 Å². The lowest BCUT2D eigenvalue weighted by atomic mass is 9.61. The van der Waals surface area contributed by atoms with Crippen LogP contribution in [0.1, 0.15) is 80.6 Å². The fourth-order valence-corrected chi connectivity index (χ4v) is 11.8. The summed E-state index contributed by atoms with van der Waals surface area (Å²) in [4.78, 5) is 10.8. The summed E-state index contributed by atoms with van der Waals surface area (Å²) in [5, 5.41) is 3.89. The molecule has 5 atom stereocenters. The Morgan fingerprint density at radius 2 is 1.30 bits per heavy atom. The molecule has 1 N–H and O–H groups in total. The quantitative estimate of drug-likeness (QED) is 0.188. The molecule has 4 aliphatic carbocycles. The lowest BCUT2D eigenvalue weighted by molar-refractivity contribution is 0.373. The predicted molar refractivity (Wildman–Crippen MR) is 254 cm³/mol. The molecule has 63 heavy (non-hydrogen) atoms. The largest absolute Gasteiger partial charge is 0.457 e. The monoisotopic (exact) mass is 809 g/mol. The van der Waals surface area contributed by atoms with Crippen LogP contribution >= 0.6 is 0 Å². The van der Waals surface area contributed by atoms with Gasteiger partial charge in [0.25, 0.3) is 0 Å². The number of amidine groups is 2. The van der Waals surface area contributed by atoms with Crippen LogP contribution in [0.5, 0.6) is 11.5 Å². The lowest BCUT2D eigenvalue weighted by Gasteiger charge is -2.43. The van der Waals surface area contributed by atoms with Gasteiger partial charge in [0.05, 0.1) is 10.8 Å². The van der Waals surface area contributed by atoms with Gasteiger partial charge in [-0.05, 0) is 87.2 Å². The zero-order valence-electron chi connectivity index (χ0n) is 34.7. The molecular weight excluding hydrogens is 767 g/mol. The van der Waals surface area contributed by atoms with Crippen molar-refractivity contribution in [2.45, 2.75) is 35.8 Å². The van der Waals surface area contributed by atoms with Crippen molar-refractivity contribution in [2.75, 3.05) is 0 Å². The summed E-state index contributed by atoms with van der Waals surface area (Å²) in [7, 11) is 0. The molecule has 0 bridgehead atoms. The average Bonchev–Trinajstić information content (AvgIpc) is 3.83. The van der Waals surface area contributed by atoms with E-state index in [0.717, 1.165) is 52.4 Å². The third-order valence-electron chi connectivity index (χ3n) is 14.4. The highest BCUT2D eigenvalue weighted by molar-refractivity contribution is 6.13. The summed E-state index contributed by atoms with van der Waals surface area (Å²) >= 11 is 0. The minimum Gasteiger partial charge on any atom is -0.457 e. The summed E-state index contributed by atoms with van der Waals surface area (Å²) in [5.74, 6) is 3.71. The zero-order chi connectivity index (χ0) is 41.5. The van der Waals surface area contributed by atoms with Crippen LogP contribution in [0.2, 0.25) is 0 Å². The Hall–Kier alpha value is -7.56. The van der Waals surface area contributed by atoms with Crippen molar-refractivity contribution in [2.24, 2.45) is 15.9 Å². The molecule has 300 valence electrons. The van der Waals surface area contributed by atoms with Crippen LogP contribution in [0, 0.1) is 5.92 Å². The molecule has 7 aromatic carbocycles. The summed E-state index contributed by atoms with van der Waals surface area (Å²) < 4.78 is 6.83. The summed E-state index contributed by atoms with van der Waals surface area (Å²) in [6.45, 7) is 0. The second-order valence-corrected chi connectivity index (χ2v) is 17.5. The van der Waals surface area contributed by atoms with Gasteiger partial charge in [-0.2, -0.15) is 0 Å². The Kier molecular flexibility index (Phi) is 8.02. The van der Waals surface area contributed by atoms with Gasteiger partial charge >= 0.3 is 0 Å². The van der Waals surface area contributed by atoms with E-state index in [9.17, 15) is 0 Å². The predicted octanol–water partition coefficient (Wildman–Crippen LogP) is 13.1. The highest BCUT2D eigenvalue weighted by Gasteiger charge is 2.56. The molecular formula is C59H43N3O. The van der Waals surface area contributed by atoms with Gasteiger partial charge in [0.1, 0.15) is 23.5 Å². The van der Waals surface area contributed by atoms with Crippen molar-refractivity contribution in [3.63, 3.8) is 0 Å². The van der Waals surface area contributed by atoms with Gasteiger partial charge in [-0.1, -0.05) is 188 Å². The van der Waals surface area contributed by atoms with Gasteiger partial charge in [-0.25, -0.2) is 9.98 Å². The maximum absolute atomic E-state index is 6.83. The van der Waals surface area contributed by atoms with E-state index in [1.165, 1.54) is 50.1 Å². The highest BCUT2D eigenvalue weighted by Crippen LogP contribution is 2.65. The van der Waals surface area contributed by atoms with E-state index >= 15 is 0 Å². The standard InChI is InChI=1S/C59H43N3O/c1-4-18-38(19-5-1)55-60-56(39-32-34-46-45-26-10-13-27-47(45)58(51(46)36-39,41-20-6-2-7-21-41)42-22-8-3-9-23-42)62-57(61-55)40-33-35-54-52(37-40)59(50-30-16-17-31-53(50)63-54)48-28-14-11-24-43(48)44-25-12-15-29-49(44)59/h1-2,4-8,10-37,43,48,57H,3,9H2,(H,60,61,62). The molecule has 1 spiro atoms. The Balaban J connectivity index is 0.985. The molecule has 0 amide bonds. The van der Waals surface area contributed by atoms with E-state index in [-0.39, 0.29) is 11.8 Å². The number of fused-ring (bicyclic) bond motifs is 12. The number of benzene rings is 7. The molecule has 4 nitrogen and oxygen atoms in total. The molecule has 0 saturated heterocycles. The second kappa shape index (κ2) is 14.0. The van der Waals surface area contributed by atoms with Crippen molar-refractivity contribution in [3.8, 4) is 22.6 Å². The Bertz CT molecular complexity index is 3210.